The zero-order chi connectivity index (χ0) is 20.8. The van der Waals surface area contributed by atoms with Crippen LogP contribution in [0, 0.1) is 17.1 Å². The second-order valence-corrected chi connectivity index (χ2v) is 7.44. The predicted octanol–water partition coefficient (Wildman–Crippen LogP) is 4.26. The molecule has 146 valence electrons. The molecule has 1 N–H and O–H groups in total. The van der Waals surface area contributed by atoms with Crippen molar-refractivity contribution in [2.45, 2.75) is 23.9 Å². The van der Waals surface area contributed by atoms with Crippen molar-refractivity contribution < 1.29 is 9.18 Å². The first kappa shape index (κ1) is 20.3. The van der Waals surface area contributed by atoms with E-state index in [2.05, 4.69) is 22.1 Å². The van der Waals surface area contributed by atoms with Gasteiger partial charge in [0.05, 0.1) is 22.4 Å². The first-order valence-corrected chi connectivity index (χ1v) is 9.68. The van der Waals surface area contributed by atoms with Crippen LogP contribution >= 0.6 is 11.8 Å². The third-order valence-corrected chi connectivity index (χ3v) is 5.13. The zero-order valence-electron chi connectivity index (χ0n) is 15.7. The van der Waals surface area contributed by atoms with E-state index in [0.29, 0.717) is 34.3 Å². The Bertz CT molecular complexity index is 1090. The summed E-state index contributed by atoms with van der Waals surface area (Å²) in [6.07, 6.45) is 1.66. The normalized spacial score (nSPS) is 11.5. The summed E-state index contributed by atoms with van der Waals surface area (Å²) in [5, 5.41) is 20.0. The Balaban J connectivity index is 1.80. The van der Waals surface area contributed by atoms with Crippen molar-refractivity contribution in [1.29, 1.82) is 5.26 Å². The molecule has 6 nitrogen and oxygen atoms in total. The predicted molar refractivity (Wildman–Crippen MR) is 111 cm³/mol. The van der Waals surface area contributed by atoms with Gasteiger partial charge in [0.2, 0.25) is 5.91 Å². The van der Waals surface area contributed by atoms with Crippen molar-refractivity contribution in [3.05, 3.63) is 72.6 Å². The van der Waals surface area contributed by atoms with Gasteiger partial charge in [-0.1, -0.05) is 36.0 Å². The molecule has 0 aliphatic heterocycles. The van der Waals surface area contributed by atoms with Crippen molar-refractivity contribution in [3.8, 4) is 17.5 Å². The van der Waals surface area contributed by atoms with Crippen LogP contribution in [0.2, 0.25) is 0 Å². The minimum Gasteiger partial charge on any atom is -0.325 e. The molecule has 0 fully saturated rings. The van der Waals surface area contributed by atoms with Crippen LogP contribution < -0.4 is 5.32 Å². The lowest BCUT2D eigenvalue weighted by atomic mass is 10.2. The van der Waals surface area contributed by atoms with Crippen molar-refractivity contribution in [1.82, 2.24) is 14.8 Å². The third kappa shape index (κ3) is 4.70. The summed E-state index contributed by atoms with van der Waals surface area (Å²) in [6.45, 7) is 5.85. The third-order valence-electron chi connectivity index (χ3n) is 4.05. The Labute approximate surface area is 172 Å². The van der Waals surface area contributed by atoms with Crippen LogP contribution in [0.5, 0.6) is 0 Å². The molecule has 0 spiro atoms. The number of nitrogens with zero attached hydrogens (tertiary/aromatic N) is 4. The summed E-state index contributed by atoms with van der Waals surface area (Å²) in [7, 11) is 0. The Hall–Kier alpha value is -3.44. The second-order valence-electron chi connectivity index (χ2n) is 6.13. The van der Waals surface area contributed by atoms with Crippen molar-refractivity contribution in [2.24, 2.45) is 0 Å². The molecule has 1 unspecified atom stereocenters. The van der Waals surface area contributed by atoms with E-state index >= 15 is 0 Å². The maximum Gasteiger partial charge on any atom is 0.237 e. The van der Waals surface area contributed by atoms with Gasteiger partial charge in [-0.15, -0.1) is 16.8 Å². The first-order valence-electron chi connectivity index (χ1n) is 8.80. The van der Waals surface area contributed by atoms with Crippen LogP contribution in [-0.2, 0) is 11.3 Å². The maximum atomic E-state index is 14.2. The van der Waals surface area contributed by atoms with Gasteiger partial charge in [-0.3, -0.25) is 9.36 Å². The number of benzene rings is 2. The number of rotatable bonds is 7. The van der Waals surface area contributed by atoms with Gasteiger partial charge in [0, 0.05) is 12.2 Å². The molecule has 1 atom stereocenters. The lowest BCUT2D eigenvalue weighted by Gasteiger charge is -2.13. The SMILES string of the molecule is C=CCn1c(SC(C)C(=O)Nc2cccc(C#N)c2)nnc1-c1ccccc1F. The van der Waals surface area contributed by atoms with Gasteiger partial charge in [-0.05, 0) is 37.3 Å². The standard InChI is InChI=1S/C21H18FN5OS/c1-3-11-27-19(17-9-4-5-10-18(17)22)25-26-21(27)29-14(2)20(28)24-16-8-6-7-15(12-16)13-23/h3-10,12,14H,1,11H2,2H3,(H,24,28). The lowest BCUT2D eigenvalue weighted by Crippen LogP contribution is -2.23. The number of thioether (sulfide) groups is 1. The minimum absolute atomic E-state index is 0.245. The van der Waals surface area contributed by atoms with E-state index in [9.17, 15) is 9.18 Å². The lowest BCUT2D eigenvalue weighted by molar-refractivity contribution is -0.115. The number of amides is 1. The summed E-state index contributed by atoms with van der Waals surface area (Å²) in [6, 6.07) is 15.0. The molecule has 1 heterocycles. The number of carbonyl (C=O) groups is 1. The van der Waals surface area contributed by atoms with Gasteiger partial charge >= 0.3 is 0 Å². The summed E-state index contributed by atoms with van der Waals surface area (Å²) >= 11 is 1.21. The summed E-state index contributed by atoms with van der Waals surface area (Å²) in [5.74, 6) is -0.268. The molecule has 0 saturated heterocycles. The molecule has 2 aromatic carbocycles. The number of hydrogen-bond acceptors (Lipinski definition) is 5. The molecule has 0 bridgehead atoms. The van der Waals surface area contributed by atoms with Gasteiger partial charge in [0.15, 0.2) is 11.0 Å². The first-order chi connectivity index (χ1) is 14.0. The fraction of sp³-hybridized carbons (Fsp3) is 0.143. The highest BCUT2D eigenvalue weighted by molar-refractivity contribution is 8.00. The Kier molecular flexibility index (Phi) is 6.42. The van der Waals surface area contributed by atoms with Crippen LogP contribution in [0.15, 0.2) is 66.3 Å². The summed E-state index contributed by atoms with van der Waals surface area (Å²) < 4.78 is 15.9. The quantitative estimate of drug-likeness (QED) is 0.467. The van der Waals surface area contributed by atoms with E-state index < -0.39 is 11.1 Å². The van der Waals surface area contributed by atoms with Gasteiger partial charge < -0.3 is 5.32 Å². The van der Waals surface area contributed by atoms with Crippen LogP contribution in [0.25, 0.3) is 11.4 Å². The number of allylic oxidation sites excluding steroid dienone is 1. The Morgan fingerprint density at radius 3 is 2.86 bits per heavy atom. The van der Waals surface area contributed by atoms with E-state index in [1.807, 2.05) is 6.07 Å². The molecular weight excluding hydrogens is 389 g/mol. The molecule has 0 radical (unpaired) electrons. The Morgan fingerprint density at radius 2 is 2.14 bits per heavy atom. The largest absolute Gasteiger partial charge is 0.325 e. The summed E-state index contributed by atoms with van der Waals surface area (Å²) in [4.78, 5) is 12.6. The van der Waals surface area contributed by atoms with Gasteiger partial charge in [0.25, 0.3) is 0 Å². The van der Waals surface area contributed by atoms with E-state index in [1.54, 1.807) is 60.0 Å². The monoisotopic (exact) mass is 407 g/mol. The van der Waals surface area contributed by atoms with Gasteiger partial charge in [-0.2, -0.15) is 5.26 Å². The number of carbonyl (C=O) groups excluding carboxylic acids is 1. The Morgan fingerprint density at radius 1 is 1.34 bits per heavy atom. The second kappa shape index (κ2) is 9.17. The van der Waals surface area contributed by atoms with Gasteiger partial charge in [-0.25, -0.2) is 4.39 Å². The molecule has 1 amide bonds. The molecular formula is C21H18FN5OS. The molecule has 3 aromatic rings. The topological polar surface area (TPSA) is 83.6 Å². The average molecular weight is 407 g/mol. The van der Waals surface area contributed by atoms with Crippen molar-refractivity contribution >= 4 is 23.4 Å². The van der Waals surface area contributed by atoms with Crippen molar-refractivity contribution in [3.63, 3.8) is 0 Å². The highest BCUT2D eigenvalue weighted by Crippen LogP contribution is 2.28. The highest BCUT2D eigenvalue weighted by atomic mass is 32.2. The number of halogens is 1. The van der Waals surface area contributed by atoms with Crippen LogP contribution in [0.3, 0.4) is 0 Å². The number of aromatic nitrogens is 3. The molecule has 0 aliphatic carbocycles. The van der Waals surface area contributed by atoms with Crippen LogP contribution in [-0.4, -0.2) is 25.9 Å². The van der Waals surface area contributed by atoms with Crippen LogP contribution in [0.1, 0.15) is 12.5 Å². The fourth-order valence-corrected chi connectivity index (χ4v) is 3.49. The number of hydrogen-bond donors (Lipinski definition) is 1. The molecule has 8 heteroatoms. The maximum absolute atomic E-state index is 14.2. The van der Waals surface area contributed by atoms with Crippen LogP contribution in [0.4, 0.5) is 10.1 Å². The average Bonchev–Trinajstić information content (AvgIpc) is 3.11. The molecule has 29 heavy (non-hydrogen) atoms. The minimum atomic E-state index is -0.498. The fourth-order valence-electron chi connectivity index (χ4n) is 2.63. The van der Waals surface area contributed by atoms with E-state index in [0.717, 1.165) is 0 Å². The van der Waals surface area contributed by atoms with Gasteiger partial charge in [0.1, 0.15) is 5.82 Å². The summed E-state index contributed by atoms with van der Waals surface area (Å²) in [5.41, 5.74) is 1.34. The van der Waals surface area contributed by atoms with E-state index in [1.165, 1.54) is 17.8 Å². The molecule has 0 saturated carbocycles. The number of nitriles is 1. The van der Waals surface area contributed by atoms with Crippen molar-refractivity contribution in [2.75, 3.05) is 5.32 Å². The molecule has 3 rings (SSSR count). The number of nitrogens with one attached hydrogen (secondary N) is 1. The number of anilines is 1. The molecule has 0 aliphatic rings. The van der Waals surface area contributed by atoms with E-state index in [4.69, 9.17) is 5.26 Å². The smallest absolute Gasteiger partial charge is 0.237 e. The highest BCUT2D eigenvalue weighted by Gasteiger charge is 2.21. The molecule has 1 aromatic heterocycles. The zero-order valence-corrected chi connectivity index (χ0v) is 16.5. The van der Waals surface area contributed by atoms with E-state index in [-0.39, 0.29) is 5.91 Å².